The molecule has 1 fully saturated rings. The average molecular weight is 491 g/mol. The smallest absolute Gasteiger partial charge is 0.437 e. The third kappa shape index (κ3) is 4.57. The van der Waals surface area contributed by atoms with Crippen LogP contribution in [0, 0.1) is 5.92 Å². The van der Waals surface area contributed by atoms with E-state index in [-0.39, 0.29) is 21.9 Å². The number of alkyl halides is 3. The highest BCUT2D eigenvalue weighted by Gasteiger charge is 2.66. The molecule has 0 unspecified atom stereocenters. The zero-order valence-electron chi connectivity index (χ0n) is 17.3. The summed E-state index contributed by atoms with van der Waals surface area (Å²) in [5, 5.41) is 14.8. The number of carbonyl (C=O) groups is 2. The van der Waals surface area contributed by atoms with Crippen molar-refractivity contribution in [3.8, 4) is 11.5 Å². The normalized spacial score (nSPS) is 22.4. The molecule has 176 valence electrons. The lowest BCUT2D eigenvalue weighted by molar-refractivity contribution is -0.287. The van der Waals surface area contributed by atoms with Crippen molar-refractivity contribution >= 4 is 23.4 Å². The number of urea groups is 1. The Morgan fingerprint density at radius 3 is 2.26 bits per heavy atom. The second kappa shape index (κ2) is 9.00. The summed E-state index contributed by atoms with van der Waals surface area (Å²) >= 11 is 5.83. The maximum Gasteiger partial charge on any atom is 0.437 e. The van der Waals surface area contributed by atoms with Crippen LogP contribution in [0.3, 0.4) is 0 Å². The zero-order valence-corrected chi connectivity index (χ0v) is 18.1. The predicted molar refractivity (Wildman–Crippen MR) is 118 cm³/mol. The van der Waals surface area contributed by atoms with Gasteiger partial charge in [-0.1, -0.05) is 41.9 Å². The first-order valence-electron chi connectivity index (χ1n) is 10.1. The van der Waals surface area contributed by atoms with Gasteiger partial charge in [0.25, 0.3) is 0 Å². The molecule has 1 saturated heterocycles. The Morgan fingerprint density at radius 2 is 1.62 bits per heavy atom. The minimum Gasteiger partial charge on any atom is -0.457 e. The molecule has 1 aliphatic heterocycles. The first-order valence-corrected chi connectivity index (χ1v) is 10.5. The Bertz CT molecular complexity index is 1200. The molecule has 3 aromatic carbocycles. The van der Waals surface area contributed by atoms with Crippen LogP contribution in [0.4, 0.5) is 18.0 Å². The number of carbonyl (C=O) groups excluding carboxylic acids is 2. The van der Waals surface area contributed by atoms with E-state index in [1.54, 1.807) is 36.4 Å². The molecule has 3 aromatic rings. The molecule has 1 aliphatic rings. The summed E-state index contributed by atoms with van der Waals surface area (Å²) in [4.78, 5) is 25.5. The topological polar surface area (TPSA) is 87.7 Å². The maximum absolute atomic E-state index is 14.1. The molecular formula is C24H18ClF3N2O4. The van der Waals surface area contributed by atoms with E-state index < -0.39 is 35.7 Å². The Hall–Kier alpha value is -3.56. The Kier molecular flexibility index (Phi) is 6.24. The number of amides is 2. The minimum absolute atomic E-state index is 0.114. The lowest BCUT2D eigenvalue weighted by atomic mass is 9.77. The van der Waals surface area contributed by atoms with Gasteiger partial charge in [0.15, 0.2) is 5.78 Å². The van der Waals surface area contributed by atoms with Gasteiger partial charge in [0.05, 0.1) is 6.04 Å². The van der Waals surface area contributed by atoms with Crippen LogP contribution in [0.5, 0.6) is 11.5 Å². The van der Waals surface area contributed by atoms with E-state index >= 15 is 0 Å². The number of ketones is 1. The number of Topliss-reactive ketones (excluding diaryl/α,β-unsaturated/α-hetero) is 1. The summed E-state index contributed by atoms with van der Waals surface area (Å²) in [5.74, 6) is -2.44. The summed E-state index contributed by atoms with van der Waals surface area (Å²) in [5.41, 5.74) is -3.80. The molecule has 6 nitrogen and oxygen atoms in total. The Balaban J connectivity index is 1.78. The molecular weight excluding hydrogens is 473 g/mol. The molecule has 0 aliphatic carbocycles. The van der Waals surface area contributed by atoms with Crippen molar-refractivity contribution in [1.29, 1.82) is 0 Å². The first-order chi connectivity index (χ1) is 16.1. The SMILES string of the molecule is O=C1N[C@@H](c2cccc(Oc3ccccc3)c2)[C@H](C(=O)c2ccc(Cl)cc2)[C@](O)(C(F)(F)F)N1. The molecule has 0 bridgehead atoms. The van der Waals surface area contributed by atoms with E-state index in [0.717, 1.165) is 0 Å². The van der Waals surface area contributed by atoms with Crippen molar-refractivity contribution in [2.24, 2.45) is 5.92 Å². The van der Waals surface area contributed by atoms with Gasteiger partial charge < -0.3 is 20.5 Å². The number of aliphatic hydroxyl groups is 1. The summed E-state index contributed by atoms with van der Waals surface area (Å²) in [7, 11) is 0. The van der Waals surface area contributed by atoms with Crippen LogP contribution in [0.2, 0.25) is 5.02 Å². The quantitative estimate of drug-likeness (QED) is 0.427. The number of ether oxygens (including phenoxy) is 1. The summed E-state index contributed by atoms with van der Waals surface area (Å²) < 4.78 is 47.9. The van der Waals surface area contributed by atoms with Gasteiger partial charge in [0.2, 0.25) is 5.72 Å². The fraction of sp³-hybridized carbons (Fsp3) is 0.167. The number of para-hydroxylation sites is 1. The Morgan fingerprint density at radius 1 is 0.971 bits per heavy atom. The lowest BCUT2D eigenvalue weighted by Gasteiger charge is -2.45. The number of halogens is 4. The van der Waals surface area contributed by atoms with Gasteiger partial charge in [-0.15, -0.1) is 0 Å². The van der Waals surface area contributed by atoms with Gasteiger partial charge in [-0.3, -0.25) is 4.79 Å². The lowest BCUT2D eigenvalue weighted by Crippen LogP contribution is -2.72. The fourth-order valence-electron chi connectivity index (χ4n) is 3.81. The van der Waals surface area contributed by atoms with Crippen LogP contribution >= 0.6 is 11.6 Å². The van der Waals surface area contributed by atoms with Crippen LogP contribution in [-0.4, -0.2) is 28.8 Å². The summed E-state index contributed by atoms with van der Waals surface area (Å²) in [6.07, 6.45) is -5.35. The van der Waals surface area contributed by atoms with Gasteiger partial charge >= 0.3 is 12.2 Å². The molecule has 1 heterocycles. The van der Waals surface area contributed by atoms with E-state index in [2.05, 4.69) is 5.32 Å². The Labute approximate surface area is 197 Å². The number of hydrogen-bond donors (Lipinski definition) is 3. The summed E-state index contributed by atoms with van der Waals surface area (Å²) in [6.45, 7) is 0. The molecule has 4 rings (SSSR count). The van der Waals surface area contributed by atoms with Gasteiger partial charge in [0, 0.05) is 10.6 Å². The minimum atomic E-state index is -5.35. The van der Waals surface area contributed by atoms with Crippen LogP contribution in [0.25, 0.3) is 0 Å². The summed E-state index contributed by atoms with van der Waals surface area (Å²) in [6, 6.07) is 17.0. The second-order valence-electron chi connectivity index (χ2n) is 7.68. The number of hydrogen-bond acceptors (Lipinski definition) is 4. The van der Waals surface area contributed by atoms with E-state index in [0.29, 0.717) is 5.75 Å². The first kappa shape index (κ1) is 23.6. The third-order valence-electron chi connectivity index (χ3n) is 5.41. The van der Waals surface area contributed by atoms with E-state index in [1.165, 1.54) is 47.8 Å². The molecule has 2 amide bonds. The monoisotopic (exact) mass is 490 g/mol. The van der Waals surface area contributed by atoms with Crippen LogP contribution in [-0.2, 0) is 0 Å². The zero-order chi connectivity index (χ0) is 24.5. The van der Waals surface area contributed by atoms with Crippen molar-refractivity contribution in [2.75, 3.05) is 0 Å². The van der Waals surface area contributed by atoms with Crippen molar-refractivity contribution < 1.29 is 32.6 Å². The van der Waals surface area contributed by atoms with Crippen molar-refractivity contribution in [3.05, 3.63) is 95.0 Å². The van der Waals surface area contributed by atoms with Crippen molar-refractivity contribution in [1.82, 2.24) is 10.6 Å². The van der Waals surface area contributed by atoms with Crippen LogP contribution < -0.4 is 15.4 Å². The van der Waals surface area contributed by atoms with Gasteiger partial charge in [-0.2, -0.15) is 13.2 Å². The maximum atomic E-state index is 14.1. The van der Waals surface area contributed by atoms with Gasteiger partial charge in [-0.05, 0) is 54.1 Å². The highest BCUT2D eigenvalue weighted by atomic mass is 35.5. The van der Waals surface area contributed by atoms with Gasteiger partial charge in [0.1, 0.15) is 17.4 Å². The number of rotatable bonds is 5. The van der Waals surface area contributed by atoms with E-state index in [9.17, 15) is 27.9 Å². The third-order valence-corrected chi connectivity index (χ3v) is 5.67. The predicted octanol–water partition coefficient (Wildman–Crippen LogP) is 5.24. The average Bonchev–Trinajstić information content (AvgIpc) is 2.79. The molecule has 3 N–H and O–H groups in total. The van der Waals surface area contributed by atoms with Crippen molar-refractivity contribution in [3.63, 3.8) is 0 Å². The van der Waals surface area contributed by atoms with Gasteiger partial charge in [-0.25, -0.2) is 4.79 Å². The molecule has 0 aromatic heterocycles. The van der Waals surface area contributed by atoms with E-state index in [4.69, 9.17) is 16.3 Å². The van der Waals surface area contributed by atoms with E-state index in [1.807, 2.05) is 0 Å². The largest absolute Gasteiger partial charge is 0.457 e. The standard InChI is InChI=1S/C24H18ClF3N2O4/c25-16-11-9-14(10-12-16)21(31)19-20(29-22(32)30-23(19,33)24(26,27)28)15-5-4-8-18(13-15)34-17-6-2-1-3-7-17/h1-13,19-20,33H,(H2,29,30,32)/t19-,20+,23+/m1/s1. The van der Waals surface area contributed by atoms with Crippen molar-refractivity contribution in [2.45, 2.75) is 17.9 Å². The highest BCUT2D eigenvalue weighted by molar-refractivity contribution is 6.30. The molecule has 0 spiro atoms. The molecule has 3 atom stereocenters. The fourth-order valence-corrected chi connectivity index (χ4v) is 3.93. The van der Waals surface area contributed by atoms with Crippen LogP contribution in [0.1, 0.15) is 22.0 Å². The molecule has 0 radical (unpaired) electrons. The molecule has 10 heteroatoms. The molecule has 0 saturated carbocycles. The number of benzene rings is 3. The highest BCUT2D eigenvalue weighted by Crippen LogP contribution is 2.44. The molecule has 34 heavy (non-hydrogen) atoms. The second-order valence-corrected chi connectivity index (χ2v) is 8.11. The number of nitrogens with one attached hydrogen (secondary N) is 2. The van der Waals surface area contributed by atoms with Crippen LogP contribution in [0.15, 0.2) is 78.9 Å².